The van der Waals surface area contributed by atoms with Gasteiger partial charge in [-0.3, -0.25) is 0 Å². The van der Waals surface area contributed by atoms with E-state index in [0.29, 0.717) is 0 Å². The Morgan fingerprint density at radius 1 is 0.789 bits per heavy atom. The Bertz CT molecular complexity index is 468. The largest absolute Gasteiger partial charge is 0.358 e. The van der Waals surface area contributed by atoms with Crippen molar-refractivity contribution in [2.24, 2.45) is 0 Å². The molecule has 1 heteroatoms. The molecule has 3 rings (SSSR count). The van der Waals surface area contributed by atoms with Gasteiger partial charge in [-0.2, -0.15) is 0 Å². The number of benzene rings is 1. The first-order valence-electron chi connectivity index (χ1n) is 8.01. The summed E-state index contributed by atoms with van der Waals surface area (Å²) in [5.74, 6) is 0.755. The molecule has 19 heavy (non-hydrogen) atoms. The van der Waals surface area contributed by atoms with Crippen molar-refractivity contribution < 1.29 is 0 Å². The minimum atomic E-state index is 0.755. The van der Waals surface area contributed by atoms with Gasteiger partial charge in [-0.15, -0.1) is 0 Å². The van der Waals surface area contributed by atoms with Crippen LogP contribution in [0.5, 0.6) is 0 Å². The number of para-hydroxylation sites is 1. The number of rotatable bonds is 1. The number of hydrogen-bond acceptors (Lipinski definition) is 0. The van der Waals surface area contributed by atoms with Crippen LogP contribution < -0.4 is 0 Å². The van der Waals surface area contributed by atoms with Crippen LogP contribution in [0.25, 0.3) is 10.9 Å². The van der Waals surface area contributed by atoms with Crippen LogP contribution >= 0.6 is 0 Å². The smallest absolute Gasteiger partial charge is 0.0456 e. The summed E-state index contributed by atoms with van der Waals surface area (Å²) >= 11 is 0. The molecular formula is C18H25N. The molecule has 102 valence electrons. The summed E-state index contributed by atoms with van der Waals surface area (Å²) in [6.45, 7) is 0. The third-order valence-corrected chi connectivity index (χ3v) is 4.60. The van der Waals surface area contributed by atoms with Crippen molar-refractivity contribution in [2.75, 3.05) is 0 Å². The highest BCUT2D eigenvalue weighted by molar-refractivity contribution is 5.80. The molecule has 1 aliphatic rings. The maximum absolute atomic E-state index is 3.65. The van der Waals surface area contributed by atoms with Crippen LogP contribution in [0.4, 0.5) is 0 Å². The van der Waals surface area contributed by atoms with Crippen LogP contribution in [-0.2, 0) is 0 Å². The van der Waals surface area contributed by atoms with E-state index in [4.69, 9.17) is 0 Å². The van der Waals surface area contributed by atoms with Gasteiger partial charge in [-0.25, -0.2) is 0 Å². The summed E-state index contributed by atoms with van der Waals surface area (Å²) < 4.78 is 0. The van der Waals surface area contributed by atoms with E-state index in [1.807, 2.05) is 0 Å². The van der Waals surface area contributed by atoms with Gasteiger partial charge in [0.25, 0.3) is 0 Å². The van der Waals surface area contributed by atoms with Gasteiger partial charge in [-0.1, -0.05) is 63.1 Å². The molecule has 1 aromatic heterocycles. The lowest BCUT2D eigenvalue weighted by molar-refractivity contribution is 0.458. The first-order valence-corrected chi connectivity index (χ1v) is 8.01. The lowest BCUT2D eigenvalue weighted by atomic mass is 9.90. The third kappa shape index (κ3) is 3.20. The van der Waals surface area contributed by atoms with E-state index in [0.717, 1.165) is 5.92 Å². The molecule has 1 aliphatic carbocycles. The summed E-state index contributed by atoms with van der Waals surface area (Å²) in [5, 5.41) is 1.37. The van der Waals surface area contributed by atoms with Gasteiger partial charge in [0.15, 0.2) is 0 Å². The molecular weight excluding hydrogens is 230 g/mol. The van der Waals surface area contributed by atoms with Crippen molar-refractivity contribution in [3.8, 4) is 0 Å². The van der Waals surface area contributed by atoms with Crippen LogP contribution in [-0.4, -0.2) is 4.98 Å². The molecule has 0 saturated heterocycles. The molecule has 1 N–H and O–H groups in total. The van der Waals surface area contributed by atoms with E-state index in [1.54, 1.807) is 0 Å². The van der Waals surface area contributed by atoms with Gasteiger partial charge in [0.1, 0.15) is 0 Å². The quantitative estimate of drug-likeness (QED) is 0.665. The molecule has 1 nitrogen and oxygen atoms in total. The van der Waals surface area contributed by atoms with Crippen molar-refractivity contribution in [3.63, 3.8) is 0 Å². The second-order valence-electron chi connectivity index (χ2n) is 6.06. The highest BCUT2D eigenvalue weighted by Gasteiger charge is 2.14. The maximum Gasteiger partial charge on any atom is 0.0456 e. The topological polar surface area (TPSA) is 15.8 Å². The summed E-state index contributed by atoms with van der Waals surface area (Å²) in [7, 11) is 0. The zero-order chi connectivity index (χ0) is 12.9. The average Bonchev–Trinajstić information content (AvgIpc) is 2.88. The molecule has 0 aliphatic heterocycles. The maximum atomic E-state index is 3.65. The lowest BCUT2D eigenvalue weighted by Crippen LogP contribution is -2.01. The predicted octanol–water partition coefficient (Wildman–Crippen LogP) is 5.78. The molecule has 1 heterocycles. The van der Waals surface area contributed by atoms with Crippen LogP contribution in [0.3, 0.4) is 0 Å². The molecule has 1 saturated carbocycles. The molecule has 2 aromatic rings. The number of aromatic nitrogens is 1. The lowest BCUT2D eigenvalue weighted by Gasteiger charge is -2.17. The molecule has 0 amide bonds. The minimum Gasteiger partial charge on any atom is -0.358 e. The molecule has 0 bridgehead atoms. The first kappa shape index (κ1) is 12.8. The van der Waals surface area contributed by atoms with Gasteiger partial charge in [0, 0.05) is 11.2 Å². The Labute approximate surface area is 116 Å². The van der Waals surface area contributed by atoms with E-state index in [1.165, 1.54) is 74.4 Å². The Morgan fingerprint density at radius 3 is 2.11 bits per heavy atom. The minimum absolute atomic E-state index is 0.755. The monoisotopic (exact) mass is 255 g/mol. The SMILES string of the molecule is c1ccc2[nH]c(C3CCCCCCCCC3)cc2c1. The fraction of sp³-hybridized carbons (Fsp3) is 0.556. The Balaban J connectivity index is 1.76. The van der Waals surface area contributed by atoms with Crippen LogP contribution in [0.2, 0.25) is 0 Å². The van der Waals surface area contributed by atoms with Gasteiger partial charge in [-0.05, 0) is 36.3 Å². The fourth-order valence-electron chi connectivity index (χ4n) is 3.44. The van der Waals surface area contributed by atoms with E-state index in [2.05, 4.69) is 35.3 Å². The standard InChI is InChI=1S/C18H25N/c1-2-4-6-10-15(11-7-5-3-1)18-14-16-12-8-9-13-17(16)19-18/h8-9,12-15,19H,1-7,10-11H2. The van der Waals surface area contributed by atoms with E-state index >= 15 is 0 Å². The molecule has 1 aromatic carbocycles. The molecule has 0 radical (unpaired) electrons. The second-order valence-corrected chi connectivity index (χ2v) is 6.06. The molecule has 0 atom stereocenters. The normalized spacial score (nSPS) is 19.6. The van der Waals surface area contributed by atoms with Gasteiger partial charge in [0.05, 0.1) is 0 Å². The van der Waals surface area contributed by atoms with Gasteiger partial charge >= 0.3 is 0 Å². The zero-order valence-electron chi connectivity index (χ0n) is 11.8. The fourth-order valence-corrected chi connectivity index (χ4v) is 3.44. The van der Waals surface area contributed by atoms with Crippen molar-refractivity contribution in [1.29, 1.82) is 0 Å². The number of hydrogen-bond donors (Lipinski definition) is 1. The molecule has 1 fully saturated rings. The van der Waals surface area contributed by atoms with Crippen LogP contribution in [0.1, 0.15) is 69.4 Å². The van der Waals surface area contributed by atoms with Gasteiger partial charge < -0.3 is 4.98 Å². The average molecular weight is 255 g/mol. The van der Waals surface area contributed by atoms with Crippen molar-refractivity contribution in [2.45, 2.75) is 63.7 Å². The second kappa shape index (κ2) is 6.27. The Hall–Kier alpha value is -1.24. The van der Waals surface area contributed by atoms with Gasteiger partial charge in [0.2, 0.25) is 0 Å². The number of aromatic amines is 1. The number of nitrogens with one attached hydrogen (secondary N) is 1. The number of fused-ring (bicyclic) bond motifs is 1. The highest BCUT2D eigenvalue weighted by Crippen LogP contribution is 2.31. The first-order chi connectivity index (χ1) is 9.43. The summed E-state index contributed by atoms with van der Waals surface area (Å²) in [5.41, 5.74) is 2.77. The Morgan fingerprint density at radius 2 is 1.42 bits per heavy atom. The van der Waals surface area contributed by atoms with Crippen molar-refractivity contribution in [3.05, 3.63) is 36.0 Å². The highest BCUT2D eigenvalue weighted by atomic mass is 14.7. The van der Waals surface area contributed by atoms with Crippen molar-refractivity contribution in [1.82, 2.24) is 4.98 Å². The third-order valence-electron chi connectivity index (χ3n) is 4.60. The summed E-state index contributed by atoms with van der Waals surface area (Å²) in [4.78, 5) is 3.65. The Kier molecular flexibility index (Phi) is 4.22. The van der Waals surface area contributed by atoms with E-state index in [9.17, 15) is 0 Å². The van der Waals surface area contributed by atoms with Crippen LogP contribution in [0, 0.1) is 0 Å². The van der Waals surface area contributed by atoms with E-state index in [-0.39, 0.29) is 0 Å². The summed E-state index contributed by atoms with van der Waals surface area (Å²) in [6.07, 6.45) is 12.7. The van der Waals surface area contributed by atoms with Crippen molar-refractivity contribution >= 4 is 10.9 Å². The molecule has 0 unspecified atom stereocenters. The van der Waals surface area contributed by atoms with E-state index < -0.39 is 0 Å². The predicted molar refractivity (Wildman–Crippen MR) is 82.6 cm³/mol. The summed E-state index contributed by atoms with van der Waals surface area (Å²) in [6, 6.07) is 11.0. The zero-order valence-corrected chi connectivity index (χ0v) is 11.8. The number of H-pyrrole nitrogens is 1. The molecule has 0 spiro atoms. The van der Waals surface area contributed by atoms with Crippen LogP contribution in [0.15, 0.2) is 30.3 Å².